The molecule has 1 amide bonds. The predicted molar refractivity (Wildman–Crippen MR) is 117 cm³/mol. The Morgan fingerprint density at radius 3 is 2.33 bits per heavy atom. The van der Waals surface area contributed by atoms with Crippen molar-refractivity contribution in [1.82, 2.24) is 19.0 Å². The molecule has 0 bridgehead atoms. The topological polar surface area (TPSA) is 75.5 Å². The minimum absolute atomic E-state index is 0.142. The molecule has 0 saturated carbocycles. The van der Waals surface area contributed by atoms with Gasteiger partial charge in [0.2, 0.25) is 15.9 Å². The van der Waals surface area contributed by atoms with E-state index in [0.717, 1.165) is 25.7 Å². The van der Waals surface area contributed by atoms with Crippen molar-refractivity contribution in [1.29, 1.82) is 0 Å². The molecule has 30 heavy (non-hydrogen) atoms. The first-order valence-electron chi connectivity index (χ1n) is 10.6. The fourth-order valence-corrected chi connectivity index (χ4v) is 5.23. The summed E-state index contributed by atoms with van der Waals surface area (Å²) in [5.41, 5.74) is 2.44. The van der Waals surface area contributed by atoms with Gasteiger partial charge >= 0.3 is 0 Å². The lowest BCUT2D eigenvalue weighted by atomic mass is 9.90. The Kier molecular flexibility index (Phi) is 7.31. The van der Waals surface area contributed by atoms with Crippen LogP contribution in [0.4, 0.5) is 0 Å². The Balaban J connectivity index is 1.50. The normalized spacial score (nSPS) is 16.0. The van der Waals surface area contributed by atoms with Gasteiger partial charge in [-0.05, 0) is 49.7 Å². The van der Waals surface area contributed by atoms with Crippen LogP contribution in [0.5, 0.6) is 0 Å². The highest BCUT2D eigenvalue weighted by atomic mass is 32.2. The monoisotopic (exact) mass is 432 g/mol. The second kappa shape index (κ2) is 9.75. The number of rotatable bonds is 8. The highest BCUT2D eigenvalue weighted by molar-refractivity contribution is 7.89. The Labute approximate surface area is 179 Å². The van der Waals surface area contributed by atoms with Gasteiger partial charge in [0.05, 0.1) is 6.20 Å². The van der Waals surface area contributed by atoms with Crippen LogP contribution in [-0.2, 0) is 34.2 Å². The van der Waals surface area contributed by atoms with E-state index in [-0.39, 0.29) is 10.8 Å². The predicted octanol–water partition coefficient (Wildman–Crippen LogP) is 2.57. The fraction of sp³-hybridized carbons (Fsp3) is 0.545. The van der Waals surface area contributed by atoms with Crippen LogP contribution in [0.15, 0.2) is 41.6 Å². The number of piperidine rings is 1. The molecule has 1 fully saturated rings. The van der Waals surface area contributed by atoms with E-state index in [4.69, 9.17) is 0 Å². The quantitative estimate of drug-likeness (QED) is 0.643. The minimum atomic E-state index is -3.45. The third-order valence-electron chi connectivity index (χ3n) is 5.82. The Morgan fingerprint density at radius 2 is 1.77 bits per heavy atom. The molecule has 0 N–H and O–H groups in total. The van der Waals surface area contributed by atoms with E-state index in [2.05, 4.69) is 29.4 Å². The molecular weight excluding hydrogens is 400 g/mol. The molecular formula is C22H32N4O3S. The first kappa shape index (κ1) is 22.5. The van der Waals surface area contributed by atoms with Crippen LogP contribution in [0.2, 0.25) is 0 Å². The average molecular weight is 433 g/mol. The third kappa shape index (κ3) is 5.49. The third-order valence-corrected chi connectivity index (χ3v) is 7.67. The van der Waals surface area contributed by atoms with Crippen molar-refractivity contribution >= 4 is 15.9 Å². The van der Waals surface area contributed by atoms with Gasteiger partial charge in [-0.2, -0.15) is 9.40 Å². The standard InChI is InChI=1S/C22H32N4O3S/c1-4-25-17-21(16-23-25)30(28,29)26-13-11-20(12-14-26)15-19-7-5-18(6-8-19)9-10-22(27)24(2)3/h5-8,16-17,20H,4,9-15H2,1-3H3. The van der Waals surface area contributed by atoms with Crippen LogP contribution in [0, 0.1) is 5.92 Å². The summed E-state index contributed by atoms with van der Waals surface area (Å²) in [4.78, 5) is 13.6. The fourth-order valence-electron chi connectivity index (χ4n) is 3.80. The number of carbonyl (C=O) groups is 1. The molecule has 0 radical (unpaired) electrons. The highest BCUT2D eigenvalue weighted by Crippen LogP contribution is 2.26. The average Bonchev–Trinajstić information content (AvgIpc) is 3.23. The van der Waals surface area contributed by atoms with Crippen molar-refractivity contribution in [2.75, 3.05) is 27.2 Å². The molecule has 8 heteroatoms. The zero-order valence-electron chi connectivity index (χ0n) is 18.1. The maximum atomic E-state index is 12.8. The molecule has 2 aromatic rings. The van der Waals surface area contributed by atoms with E-state index < -0.39 is 10.0 Å². The van der Waals surface area contributed by atoms with Crippen LogP contribution in [0.1, 0.15) is 37.3 Å². The van der Waals surface area contributed by atoms with Crippen molar-refractivity contribution in [2.24, 2.45) is 5.92 Å². The molecule has 3 rings (SSSR count). The summed E-state index contributed by atoms with van der Waals surface area (Å²) in [7, 11) is 0.102. The molecule has 0 spiro atoms. The summed E-state index contributed by atoms with van der Waals surface area (Å²) in [6, 6.07) is 8.47. The van der Waals surface area contributed by atoms with E-state index >= 15 is 0 Å². The van der Waals surface area contributed by atoms with Gasteiger partial charge in [-0.25, -0.2) is 8.42 Å². The van der Waals surface area contributed by atoms with Gasteiger partial charge < -0.3 is 4.90 Å². The molecule has 1 aromatic carbocycles. The SMILES string of the molecule is CCn1cc(S(=O)(=O)N2CCC(Cc3ccc(CCC(=O)N(C)C)cc3)CC2)cn1. The van der Waals surface area contributed by atoms with Crippen LogP contribution in [0.3, 0.4) is 0 Å². The lowest BCUT2D eigenvalue weighted by Crippen LogP contribution is -2.38. The zero-order chi connectivity index (χ0) is 21.7. The summed E-state index contributed by atoms with van der Waals surface area (Å²) in [5, 5.41) is 4.09. The minimum Gasteiger partial charge on any atom is -0.349 e. The van der Waals surface area contributed by atoms with E-state index in [1.807, 2.05) is 6.92 Å². The summed E-state index contributed by atoms with van der Waals surface area (Å²) < 4.78 is 28.9. The first-order valence-corrected chi connectivity index (χ1v) is 12.0. The van der Waals surface area contributed by atoms with Crippen LogP contribution >= 0.6 is 0 Å². The van der Waals surface area contributed by atoms with E-state index in [1.54, 1.807) is 34.2 Å². The number of aryl methyl sites for hydroxylation is 2. The van der Waals surface area contributed by atoms with Crippen molar-refractivity contribution in [2.45, 2.75) is 50.5 Å². The number of amides is 1. The van der Waals surface area contributed by atoms with E-state index in [1.165, 1.54) is 17.3 Å². The molecule has 0 atom stereocenters. The van der Waals surface area contributed by atoms with Crippen LogP contribution in [0.25, 0.3) is 0 Å². The van der Waals surface area contributed by atoms with Gasteiger partial charge in [-0.3, -0.25) is 9.48 Å². The van der Waals surface area contributed by atoms with Gasteiger partial charge in [0.1, 0.15) is 4.90 Å². The van der Waals surface area contributed by atoms with Gasteiger partial charge in [-0.15, -0.1) is 0 Å². The Morgan fingerprint density at radius 1 is 1.13 bits per heavy atom. The molecule has 0 unspecified atom stereocenters. The summed E-state index contributed by atoms with van der Waals surface area (Å²) in [5.74, 6) is 0.624. The second-order valence-electron chi connectivity index (χ2n) is 8.19. The van der Waals surface area contributed by atoms with Gasteiger partial charge in [0, 0.05) is 46.3 Å². The summed E-state index contributed by atoms with van der Waals surface area (Å²) in [6.07, 6.45) is 7.01. The molecule has 1 aliphatic heterocycles. The number of hydrogen-bond acceptors (Lipinski definition) is 4. The van der Waals surface area contributed by atoms with Crippen molar-refractivity contribution < 1.29 is 13.2 Å². The lowest BCUT2D eigenvalue weighted by molar-refractivity contribution is -0.128. The van der Waals surface area contributed by atoms with Crippen molar-refractivity contribution in [3.05, 3.63) is 47.8 Å². The number of hydrogen-bond donors (Lipinski definition) is 0. The number of sulfonamides is 1. The van der Waals surface area contributed by atoms with Gasteiger partial charge in [0.15, 0.2) is 0 Å². The molecule has 164 valence electrons. The summed E-state index contributed by atoms with van der Waals surface area (Å²) in [6.45, 7) is 3.69. The Bertz CT molecular complexity index is 943. The highest BCUT2D eigenvalue weighted by Gasteiger charge is 2.30. The zero-order valence-corrected chi connectivity index (χ0v) is 18.9. The largest absolute Gasteiger partial charge is 0.349 e. The van der Waals surface area contributed by atoms with Crippen LogP contribution < -0.4 is 0 Å². The van der Waals surface area contributed by atoms with E-state index in [9.17, 15) is 13.2 Å². The van der Waals surface area contributed by atoms with Gasteiger partial charge in [0.25, 0.3) is 0 Å². The van der Waals surface area contributed by atoms with E-state index in [0.29, 0.717) is 32.0 Å². The number of benzene rings is 1. The maximum absolute atomic E-state index is 12.8. The smallest absolute Gasteiger partial charge is 0.246 e. The van der Waals surface area contributed by atoms with Crippen molar-refractivity contribution in [3.8, 4) is 0 Å². The number of aromatic nitrogens is 2. The molecule has 1 aromatic heterocycles. The second-order valence-corrected chi connectivity index (χ2v) is 10.1. The van der Waals surface area contributed by atoms with Crippen LogP contribution in [-0.4, -0.2) is 60.5 Å². The Hall–Kier alpha value is -2.19. The van der Waals surface area contributed by atoms with Gasteiger partial charge in [-0.1, -0.05) is 24.3 Å². The van der Waals surface area contributed by atoms with Crippen molar-refractivity contribution in [3.63, 3.8) is 0 Å². The molecule has 1 aliphatic rings. The molecule has 2 heterocycles. The molecule has 1 saturated heterocycles. The first-order chi connectivity index (χ1) is 14.3. The molecule has 7 nitrogen and oxygen atoms in total. The summed E-state index contributed by atoms with van der Waals surface area (Å²) >= 11 is 0. The number of nitrogens with zero attached hydrogens (tertiary/aromatic N) is 4. The number of carbonyl (C=O) groups excluding carboxylic acids is 1. The molecule has 0 aliphatic carbocycles. The lowest BCUT2D eigenvalue weighted by Gasteiger charge is -2.31. The maximum Gasteiger partial charge on any atom is 0.246 e.